The van der Waals surface area contributed by atoms with Crippen LogP contribution in [0.15, 0.2) is 4.99 Å². The largest absolute Gasteiger partial charge is 0.383 e. The van der Waals surface area contributed by atoms with Crippen LogP contribution < -0.4 is 10.6 Å². The van der Waals surface area contributed by atoms with Crippen LogP contribution in [-0.2, 0) is 4.74 Å². The van der Waals surface area contributed by atoms with Gasteiger partial charge in [0, 0.05) is 45.9 Å². The maximum absolute atomic E-state index is 5.18. The maximum atomic E-state index is 5.18. The van der Waals surface area contributed by atoms with Crippen LogP contribution in [0.4, 0.5) is 0 Å². The van der Waals surface area contributed by atoms with Gasteiger partial charge in [0.15, 0.2) is 5.96 Å². The van der Waals surface area contributed by atoms with E-state index in [1.807, 2.05) is 0 Å². The minimum absolute atomic E-state index is 0. The number of nitrogens with zero attached hydrogens (tertiary/aromatic N) is 2. The lowest BCUT2D eigenvalue weighted by Crippen LogP contribution is -2.42. The minimum Gasteiger partial charge on any atom is -0.383 e. The van der Waals surface area contributed by atoms with Crippen molar-refractivity contribution in [1.82, 2.24) is 15.5 Å². The van der Waals surface area contributed by atoms with Crippen molar-refractivity contribution in [3.63, 3.8) is 0 Å². The van der Waals surface area contributed by atoms with Crippen LogP contribution in [0.2, 0.25) is 0 Å². The smallest absolute Gasteiger partial charge is 0.191 e. The molecule has 0 aromatic heterocycles. The van der Waals surface area contributed by atoms with E-state index in [9.17, 15) is 0 Å². The van der Waals surface area contributed by atoms with Crippen molar-refractivity contribution in [1.29, 1.82) is 0 Å². The fourth-order valence-corrected chi connectivity index (χ4v) is 2.13. The van der Waals surface area contributed by atoms with Gasteiger partial charge in [0.1, 0.15) is 0 Å². The first-order valence-corrected chi connectivity index (χ1v) is 8.07. The van der Waals surface area contributed by atoms with Crippen LogP contribution in [0.5, 0.6) is 0 Å². The van der Waals surface area contributed by atoms with E-state index in [4.69, 9.17) is 4.74 Å². The predicted molar refractivity (Wildman–Crippen MR) is 101 cm³/mol. The van der Waals surface area contributed by atoms with Crippen LogP contribution in [-0.4, -0.2) is 63.3 Å². The van der Waals surface area contributed by atoms with Crippen molar-refractivity contribution >= 4 is 29.9 Å². The van der Waals surface area contributed by atoms with Crippen LogP contribution in [0.3, 0.4) is 0 Å². The molecular formula is C15H33IN4O. The molecule has 1 rings (SSSR count). The molecule has 1 aliphatic carbocycles. The van der Waals surface area contributed by atoms with Gasteiger partial charge in [0.05, 0.1) is 6.61 Å². The van der Waals surface area contributed by atoms with Gasteiger partial charge >= 0.3 is 0 Å². The lowest BCUT2D eigenvalue weighted by molar-refractivity contribution is 0.144. The van der Waals surface area contributed by atoms with Gasteiger partial charge in [-0.15, -0.1) is 24.0 Å². The number of guanidine groups is 1. The van der Waals surface area contributed by atoms with Crippen LogP contribution in [0, 0.1) is 0 Å². The normalized spacial score (nSPS) is 15.0. The van der Waals surface area contributed by atoms with Crippen molar-refractivity contribution < 1.29 is 4.74 Å². The standard InChI is InChI=1S/C15H32N4O.HI/c1-4-6-9-17-15(16-5-2)18-10-11-19(12-13-20-3)14-7-8-14;/h14H,4-13H2,1-3H3,(H2,16,17,18);1H. The first-order chi connectivity index (χ1) is 9.81. The summed E-state index contributed by atoms with van der Waals surface area (Å²) in [5, 5.41) is 6.72. The second-order valence-electron chi connectivity index (χ2n) is 5.30. The second kappa shape index (κ2) is 13.6. The maximum Gasteiger partial charge on any atom is 0.191 e. The molecule has 0 aromatic carbocycles. The third kappa shape index (κ3) is 10.3. The Morgan fingerprint density at radius 2 is 2.00 bits per heavy atom. The molecule has 126 valence electrons. The second-order valence-corrected chi connectivity index (χ2v) is 5.30. The molecule has 0 aliphatic heterocycles. The summed E-state index contributed by atoms with van der Waals surface area (Å²) in [6.07, 6.45) is 5.02. The lowest BCUT2D eigenvalue weighted by atomic mass is 10.3. The molecular weight excluding hydrogens is 379 g/mol. The predicted octanol–water partition coefficient (Wildman–Crippen LogP) is 2.07. The highest BCUT2D eigenvalue weighted by atomic mass is 127. The highest BCUT2D eigenvalue weighted by Crippen LogP contribution is 2.25. The molecule has 0 heterocycles. The van der Waals surface area contributed by atoms with Gasteiger partial charge in [0.25, 0.3) is 0 Å². The number of aliphatic imine (C=N–C) groups is 1. The van der Waals surface area contributed by atoms with Crippen molar-refractivity contribution in [3.05, 3.63) is 0 Å². The number of ether oxygens (including phenoxy) is 1. The van der Waals surface area contributed by atoms with Gasteiger partial charge < -0.3 is 15.4 Å². The topological polar surface area (TPSA) is 48.9 Å². The van der Waals surface area contributed by atoms with E-state index in [-0.39, 0.29) is 24.0 Å². The van der Waals surface area contributed by atoms with E-state index in [1.54, 1.807) is 7.11 Å². The molecule has 0 radical (unpaired) electrons. The molecule has 1 saturated carbocycles. The number of halogens is 1. The van der Waals surface area contributed by atoms with Gasteiger partial charge in [-0.3, -0.25) is 9.89 Å². The molecule has 1 fully saturated rings. The highest BCUT2D eigenvalue weighted by molar-refractivity contribution is 14.0. The summed E-state index contributed by atoms with van der Waals surface area (Å²) in [5.41, 5.74) is 0. The van der Waals surface area contributed by atoms with E-state index in [0.717, 1.165) is 57.8 Å². The van der Waals surface area contributed by atoms with Gasteiger partial charge in [-0.05, 0) is 26.2 Å². The van der Waals surface area contributed by atoms with Gasteiger partial charge in [0.2, 0.25) is 0 Å². The van der Waals surface area contributed by atoms with E-state index >= 15 is 0 Å². The summed E-state index contributed by atoms with van der Waals surface area (Å²) in [6.45, 7) is 9.97. The van der Waals surface area contributed by atoms with E-state index < -0.39 is 0 Å². The third-order valence-electron chi connectivity index (χ3n) is 3.46. The summed E-state index contributed by atoms with van der Waals surface area (Å²) in [5.74, 6) is 0.948. The molecule has 0 bridgehead atoms. The minimum atomic E-state index is 0. The Hall–Kier alpha value is -0.0800. The Balaban J connectivity index is 0.00000400. The van der Waals surface area contributed by atoms with Gasteiger partial charge in [-0.1, -0.05) is 13.3 Å². The van der Waals surface area contributed by atoms with Gasteiger partial charge in [-0.2, -0.15) is 0 Å². The van der Waals surface area contributed by atoms with Crippen molar-refractivity contribution in [3.8, 4) is 0 Å². The van der Waals surface area contributed by atoms with Crippen molar-refractivity contribution in [2.45, 2.75) is 45.6 Å². The third-order valence-corrected chi connectivity index (χ3v) is 3.46. The molecule has 21 heavy (non-hydrogen) atoms. The van der Waals surface area contributed by atoms with Crippen LogP contribution >= 0.6 is 24.0 Å². The molecule has 6 heteroatoms. The summed E-state index contributed by atoms with van der Waals surface area (Å²) >= 11 is 0. The number of unbranched alkanes of at least 4 members (excludes halogenated alkanes) is 1. The summed E-state index contributed by atoms with van der Waals surface area (Å²) in [7, 11) is 1.77. The molecule has 5 nitrogen and oxygen atoms in total. The zero-order valence-corrected chi connectivity index (χ0v) is 16.2. The molecule has 1 aliphatic rings. The molecule has 0 aromatic rings. The molecule has 0 saturated heterocycles. The number of hydrogen-bond acceptors (Lipinski definition) is 3. The van der Waals surface area contributed by atoms with Gasteiger partial charge in [-0.25, -0.2) is 0 Å². The Bertz CT molecular complexity index is 272. The highest BCUT2D eigenvalue weighted by Gasteiger charge is 2.28. The SMILES string of the molecule is CCCCN=C(NCC)NCCN(CCOC)C1CC1.I. The average Bonchev–Trinajstić information content (AvgIpc) is 3.27. The molecule has 0 atom stereocenters. The zero-order valence-electron chi connectivity index (χ0n) is 13.9. The van der Waals surface area contributed by atoms with Crippen molar-refractivity contribution in [2.24, 2.45) is 4.99 Å². The Morgan fingerprint density at radius 3 is 2.57 bits per heavy atom. The fourth-order valence-electron chi connectivity index (χ4n) is 2.13. The molecule has 0 amide bonds. The number of hydrogen-bond donors (Lipinski definition) is 2. The molecule has 0 unspecified atom stereocenters. The fraction of sp³-hybridized carbons (Fsp3) is 0.933. The number of methoxy groups -OCH3 is 1. The summed E-state index contributed by atoms with van der Waals surface area (Å²) in [6, 6.07) is 0.784. The summed E-state index contributed by atoms with van der Waals surface area (Å²) < 4.78 is 5.18. The number of rotatable bonds is 11. The Morgan fingerprint density at radius 1 is 1.24 bits per heavy atom. The molecule has 0 spiro atoms. The number of nitrogens with one attached hydrogen (secondary N) is 2. The molecule has 2 N–H and O–H groups in total. The quantitative estimate of drug-likeness (QED) is 0.236. The first-order valence-electron chi connectivity index (χ1n) is 8.07. The van der Waals surface area contributed by atoms with Crippen LogP contribution in [0.1, 0.15) is 39.5 Å². The monoisotopic (exact) mass is 412 g/mol. The first kappa shape index (κ1) is 20.9. The van der Waals surface area contributed by atoms with E-state index in [1.165, 1.54) is 19.3 Å². The Kier molecular flexibility index (Phi) is 13.5. The summed E-state index contributed by atoms with van der Waals surface area (Å²) in [4.78, 5) is 7.09. The van der Waals surface area contributed by atoms with Crippen molar-refractivity contribution in [2.75, 3.05) is 46.4 Å². The zero-order chi connectivity index (χ0) is 14.6. The average molecular weight is 412 g/mol. The van der Waals surface area contributed by atoms with Crippen LogP contribution in [0.25, 0.3) is 0 Å². The van der Waals surface area contributed by atoms with E-state index in [0.29, 0.717) is 0 Å². The lowest BCUT2D eigenvalue weighted by Gasteiger charge is -2.22. The van der Waals surface area contributed by atoms with E-state index in [2.05, 4.69) is 34.4 Å². The Labute approximate surface area is 147 Å².